The van der Waals surface area contributed by atoms with Gasteiger partial charge in [0.1, 0.15) is 0 Å². The number of fused-ring (bicyclic) bond motifs is 2. The van der Waals surface area contributed by atoms with Gasteiger partial charge in [0.25, 0.3) is 0 Å². The third-order valence-electron chi connectivity index (χ3n) is 9.15. The standard InChI is InChI=1S/C25H42.C2H6/c1-3-5-19-7-9-23-17-25(13-11-21(23)15-19)24-12-10-20-14-18(4-2)6-8-22(20)16-24;1-2/h4,18-25H,2-3,5-17H2,1H3;1-2H3. The Balaban J connectivity index is 0.00000102. The van der Waals surface area contributed by atoms with Crippen molar-refractivity contribution in [2.24, 2.45) is 47.3 Å². The molecule has 0 radical (unpaired) electrons. The Morgan fingerprint density at radius 2 is 1.07 bits per heavy atom. The monoisotopic (exact) mass is 372 g/mol. The van der Waals surface area contributed by atoms with E-state index in [1.807, 2.05) is 13.8 Å². The predicted molar refractivity (Wildman–Crippen MR) is 120 cm³/mol. The summed E-state index contributed by atoms with van der Waals surface area (Å²) in [6.07, 6.45) is 23.8. The van der Waals surface area contributed by atoms with Gasteiger partial charge in [0, 0.05) is 0 Å². The van der Waals surface area contributed by atoms with Gasteiger partial charge >= 0.3 is 0 Å². The normalized spacial score (nSPS) is 44.3. The molecule has 0 aliphatic heterocycles. The summed E-state index contributed by atoms with van der Waals surface area (Å²) in [5.41, 5.74) is 0. The average molecular weight is 373 g/mol. The highest BCUT2D eigenvalue weighted by Gasteiger charge is 2.41. The molecule has 0 aromatic rings. The molecule has 8 atom stereocenters. The van der Waals surface area contributed by atoms with Crippen molar-refractivity contribution < 1.29 is 0 Å². The quantitative estimate of drug-likeness (QED) is 0.433. The zero-order valence-corrected chi connectivity index (χ0v) is 18.8. The second-order valence-electron chi connectivity index (χ2n) is 10.5. The van der Waals surface area contributed by atoms with E-state index in [1.54, 1.807) is 57.8 Å². The largest absolute Gasteiger partial charge is 0.103 e. The van der Waals surface area contributed by atoms with Crippen molar-refractivity contribution in [1.29, 1.82) is 0 Å². The van der Waals surface area contributed by atoms with Crippen LogP contribution in [0.5, 0.6) is 0 Å². The van der Waals surface area contributed by atoms with Crippen molar-refractivity contribution >= 4 is 0 Å². The van der Waals surface area contributed by atoms with Gasteiger partial charge in [-0.15, -0.1) is 6.58 Å². The molecule has 0 heteroatoms. The molecule has 0 saturated heterocycles. The van der Waals surface area contributed by atoms with Gasteiger partial charge < -0.3 is 0 Å². The molecule has 0 nitrogen and oxygen atoms in total. The van der Waals surface area contributed by atoms with E-state index in [0.29, 0.717) is 0 Å². The van der Waals surface area contributed by atoms with Crippen molar-refractivity contribution in [3.8, 4) is 0 Å². The van der Waals surface area contributed by atoms with Crippen LogP contribution in [0.2, 0.25) is 0 Å². The van der Waals surface area contributed by atoms with Gasteiger partial charge in [-0.3, -0.25) is 0 Å². The van der Waals surface area contributed by atoms with E-state index >= 15 is 0 Å². The molecule has 0 aromatic heterocycles. The van der Waals surface area contributed by atoms with Gasteiger partial charge in [-0.1, -0.05) is 46.1 Å². The van der Waals surface area contributed by atoms with Gasteiger partial charge in [-0.2, -0.15) is 0 Å². The fraction of sp³-hybridized carbons (Fsp3) is 0.926. The third-order valence-corrected chi connectivity index (χ3v) is 9.15. The molecular weight excluding hydrogens is 324 g/mol. The van der Waals surface area contributed by atoms with E-state index in [1.165, 1.54) is 32.1 Å². The number of hydrogen-bond acceptors (Lipinski definition) is 0. The second kappa shape index (κ2) is 10.5. The Morgan fingerprint density at radius 1 is 0.630 bits per heavy atom. The van der Waals surface area contributed by atoms with E-state index in [0.717, 1.165) is 47.3 Å². The lowest BCUT2D eigenvalue weighted by molar-refractivity contribution is 0.0317. The minimum absolute atomic E-state index is 0.839. The van der Waals surface area contributed by atoms with Gasteiger partial charge in [-0.05, 0) is 118 Å². The minimum atomic E-state index is 0.839. The van der Waals surface area contributed by atoms with E-state index in [4.69, 9.17) is 0 Å². The van der Waals surface area contributed by atoms with E-state index in [-0.39, 0.29) is 0 Å². The first-order chi connectivity index (χ1) is 13.3. The molecule has 4 rings (SSSR count). The van der Waals surface area contributed by atoms with Crippen molar-refractivity contribution in [1.82, 2.24) is 0 Å². The predicted octanol–water partition coefficient (Wildman–Crippen LogP) is 8.66. The Bertz CT molecular complexity index is 437. The first kappa shape index (κ1) is 21.4. The maximum atomic E-state index is 4.07. The summed E-state index contributed by atoms with van der Waals surface area (Å²) in [4.78, 5) is 0. The number of hydrogen-bond donors (Lipinski definition) is 0. The lowest BCUT2D eigenvalue weighted by Crippen LogP contribution is -2.37. The fourth-order valence-corrected chi connectivity index (χ4v) is 7.73. The minimum Gasteiger partial charge on any atom is -0.103 e. The Hall–Kier alpha value is -0.260. The van der Waals surface area contributed by atoms with Crippen molar-refractivity contribution in [2.45, 2.75) is 111 Å². The Kier molecular flexibility index (Phi) is 8.34. The molecular formula is C27H48. The highest BCUT2D eigenvalue weighted by atomic mass is 14.5. The molecule has 0 bridgehead atoms. The lowest BCUT2D eigenvalue weighted by Gasteiger charge is -2.48. The SMILES string of the molecule is C=CC1CCC2CC(C3CCC4CC(CCC)CCC4C3)CCC2C1.CC. The van der Waals surface area contributed by atoms with Gasteiger partial charge in [0.15, 0.2) is 0 Å². The Labute approximate surface area is 171 Å². The van der Waals surface area contributed by atoms with Crippen LogP contribution in [0.25, 0.3) is 0 Å². The molecule has 4 aliphatic carbocycles. The summed E-state index contributed by atoms with van der Waals surface area (Å²) in [6.45, 7) is 10.4. The first-order valence-electron chi connectivity index (χ1n) is 12.9. The summed E-state index contributed by atoms with van der Waals surface area (Å²) < 4.78 is 0. The van der Waals surface area contributed by atoms with Gasteiger partial charge in [0.05, 0.1) is 0 Å². The fourth-order valence-electron chi connectivity index (χ4n) is 7.73. The summed E-state index contributed by atoms with van der Waals surface area (Å²) in [7, 11) is 0. The maximum absolute atomic E-state index is 4.07. The zero-order chi connectivity index (χ0) is 19.2. The van der Waals surface area contributed by atoms with Crippen molar-refractivity contribution in [3.05, 3.63) is 12.7 Å². The molecule has 8 unspecified atom stereocenters. The van der Waals surface area contributed by atoms with E-state index in [9.17, 15) is 0 Å². The van der Waals surface area contributed by atoms with E-state index in [2.05, 4.69) is 19.6 Å². The topological polar surface area (TPSA) is 0 Å². The molecule has 0 spiro atoms. The molecule has 4 fully saturated rings. The van der Waals surface area contributed by atoms with Crippen molar-refractivity contribution in [3.63, 3.8) is 0 Å². The molecule has 0 heterocycles. The summed E-state index contributed by atoms with van der Waals surface area (Å²) in [5, 5.41) is 0. The molecule has 4 aliphatic rings. The molecule has 0 aromatic carbocycles. The van der Waals surface area contributed by atoms with Crippen LogP contribution < -0.4 is 0 Å². The number of rotatable bonds is 4. The van der Waals surface area contributed by atoms with Crippen LogP contribution in [0, 0.1) is 47.3 Å². The third kappa shape index (κ3) is 5.22. The van der Waals surface area contributed by atoms with Crippen LogP contribution in [0.15, 0.2) is 12.7 Å². The maximum Gasteiger partial charge on any atom is -0.0233 e. The molecule has 156 valence electrons. The van der Waals surface area contributed by atoms with Crippen molar-refractivity contribution in [2.75, 3.05) is 0 Å². The van der Waals surface area contributed by atoms with Crippen LogP contribution in [-0.4, -0.2) is 0 Å². The smallest absolute Gasteiger partial charge is 0.0233 e. The molecule has 0 amide bonds. The Morgan fingerprint density at radius 3 is 1.59 bits per heavy atom. The van der Waals surface area contributed by atoms with Crippen LogP contribution in [-0.2, 0) is 0 Å². The summed E-state index contributed by atoms with van der Waals surface area (Å²) in [6, 6.07) is 0. The molecule has 0 N–H and O–H groups in total. The van der Waals surface area contributed by atoms with Gasteiger partial charge in [0.2, 0.25) is 0 Å². The highest BCUT2D eigenvalue weighted by Crippen LogP contribution is 2.52. The van der Waals surface area contributed by atoms with Crippen LogP contribution in [0.4, 0.5) is 0 Å². The molecule has 27 heavy (non-hydrogen) atoms. The van der Waals surface area contributed by atoms with Crippen LogP contribution in [0.3, 0.4) is 0 Å². The first-order valence-corrected chi connectivity index (χ1v) is 12.9. The zero-order valence-electron chi connectivity index (χ0n) is 18.8. The summed E-state index contributed by atoms with van der Waals surface area (Å²) in [5.74, 6) is 8.46. The van der Waals surface area contributed by atoms with Crippen LogP contribution in [0.1, 0.15) is 111 Å². The lowest BCUT2D eigenvalue weighted by atomic mass is 9.58. The van der Waals surface area contributed by atoms with Crippen LogP contribution >= 0.6 is 0 Å². The molecule has 4 saturated carbocycles. The average Bonchev–Trinajstić information content (AvgIpc) is 2.74. The van der Waals surface area contributed by atoms with E-state index < -0.39 is 0 Å². The number of allylic oxidation sites excluding steroid dienone is 1. The second-order valence-corrected chi connectivity index (χ2v) is 10.5. The summed E-state index contributed by atoms with van der Waals surface area (Å²) >= 11 is 0. The highest BCUT2D eigenvalue weighted by molar-refractivity contribution is 4.94. The van der Waals surface area contributed by atoms with Gasteiger partial charge in [-0.25, -0.2) is 0 Å².